The number of benzene rings is 1. The molecule has 33 heavy (non-hydrogen) atoms. The first-order valence-corrected chi connectivity index (χ1v) is 10.7. The van der Waals surface area contributed by atoms with Gasteiger partial charge in [-0.1, -0.05) is 0 Å². The average Bonchev–Trinajstić information content (AvgIpc) is 3.49. The number of rotatable bonds is 6. The largest absolute Gasteiger partial charge is 0.497 e. The van der Waals surface area contributed by atoms with Crippen LogP contribution in [0.3, 0.4) is 0 Å². The molecule has 2 N–H and O–H groups in total. The van der Waals surface area contributed by atoms with E-state index in [0.717, 1.165) is 11.3 Å². The molecule has 1 aromatic carbocycles. The van der Waals surface area contributed by atoms with Crippen LogP contribution in [0, 0.1) is 0 Å². The predicted octanol–water partition coefficient (Wildman–Crippen LogP) is 0.449. The summed E-state index contributed by atoms with van der Waals surface area (Å²) in [5.41, 5.74) is 0.802. The van der Waals surface area contributed by atoms with E-state index < -0.39 is 0 Å². The molecule has 2 aliphatic heterocycles. The van der Waals surface area contributed by atoms with Gasteiger partial charge in [-0.2, -0.15) is 0 Å². The summed E-state index contributed by atoms with van der Waals surface area (Å²) in [4.78, 5) is 35.0. The minimum atomic E-state index is -0.349. The van der Waals surface area contributed by atoms with E-state index in [1.54, 1.807) is 13.2 Å². The smallest absolute Gasteiger partial charge is 0.289 e. The van der Waals surface area contributed by atoms with Crippen LogP contribution in [0.15, 0.2) is 47.1 Å². The molecule has 0 aliphatic carbocycles. The van der Waals surface area contributed by atoms with Crippen LogP contribution in [0.2, 0.25) is 0 Å². The number of aromatic nitrogens is 4. The molecule has 170 valence electrons. The number of carbonyl (C=O) groups excluding carboxylic acids is 2. The number of hydrogen-bond donors (Lipinski definition) is 2. The lowest BCUT2D eigenvalue weighted by atomic mass is 10.1. The summed E-state index contributed by atoms with van der Waals surface area (Å²) in [7, 11) is 1.61. The van der Waals surface area contributed by atoms with Gasteiger partial charge >= 0.3 is 0 Å². The molecule has 0 bridgehead atoms. The number of piperazine rings is 1. The van der Waals surface area contributed by atoms with Crippen molar-refractivity contribution >= 4 is 11.8 Å². The third-order valence-corrected chi connectivity index (χ3v) is 5.94. The van der Waals surface area contributed by atoms with Crippen molar-refractivity contribution in [3.63, 3.8) is 0 Å². The lowest BCUT2D eigenvalue weighted by Crippen LogP contribution is -2.58. The van der Waals surface area contributed by atoms with Gasteiger partial charge in [0, 0.05) is 49.6 Å². The van der Waals surface area contributed by atoms with Crippen LogP contribution in [0.1, 0.15) is 22.9 Å². The molecule has 3 atom stereocenters. The van der Waals surface area contributed by atoms with Crippen molar-refractivity contribution in [3.05, 3.63) is 54.4 Å². The van der Waals surface area contributed by atoms with Crippen LogP contribution >= 0.6 is 0 Å². The lowest BCUT2D eigenvalue weighted by Gasteiger charge is -2.36. The number of nitrogens with one attached hydrogen (secondary N) is 2. The maximum absolute atomic E-state index is 12.5. The number of ether oxygens (including phenoxy) is 1. The van der Waals surface area contributed by atoms with E-state index in [4.69, 9.17) is 9.15 Å². The Balaban J connectivity index is 1.25. The molecular formula is C22H23N7O4. The average molecular weight is 449 g/mol. The number of nitrogens with zero attached hydrogens (tertiary/aromatic N) is 5. The Morgan fingerprint density at radius 1 is 1.24 bits per heavy atom. The highest BCUT2D eigenvalue weighted by Crippen LogP contribution is 2.27. The van der Waals surface area contributed by atoms with Crippen LogP contribution in [0.5, 0.6) is 5.75 Å². The molecule has 0 radical (unpaired) electrons. The first-order chi connectivity index (χ1) is 16.1. The Labute approximate surface area is 189 Å². The third-order valence-electron chi connectivity index (χ3n) is 5.94. The molecule has 2 fully saturated rings. The summed E-state index contributed by atoms with van der Waals surface area (Å²) in [5.74, 6) is 1.39. The fraction of sp³-hybridized carbons (Fsp3) is 0.364. The Morgan fingerprint density at radius 2 is 2.03 bits per heavy atom. The van der Waals surface area contributed by atoms with Gasteiger partial charge in [0.25, 0.3) is 5.91 Å². The third kappa shape index (κ3) is 4.40. The van der Waals surface area contributed by atoms with Crippen LogP contribution in [-0.4, -0.2) is 75.2 Å². The zero-order valence-electron chi connectivity index (χ0n) is 18.0. The van der Waals surface area contributed by atoms with Crippen molar-refractivity contribution in [3.8, 4) is 17.2 Å². The summed E-state index contributed by atoms with van der Waals surface area (Å²) in [6.45, 7) is 1.01. The first kappa shape index (κ1) is 21.0. The van der Waals surface area contributed by atoms with Gasteiger partial charge in [0.05, 0.1) is 13.2 Å². The van der Waals surface area contributed by atoms with Crippen molar-refractivity contribution < 1.29 is 18.7 Å². The predicted molar refractivity (Wildman–Crippen MR) is 115 cm³/mol. The molecule has 0 saturated carbocycles. The minimum absolute atomic E-state index is 0.0215. The van der Waals surface area contributed by atoms with E-state index in [1.807, 2.05) is 24.3 Å². The monoisotopic (exact) mass is 449 g/mol. The van der Waals surface area contributed by atoms with Gasteiger partial charge in [-0.25, -0.2) is 9.97 Å². The summed E-state index contributed by atoms with van der Waals surface area (Å²) < 4.78 is 11.1. The SMILES string of the molecule is COc1ccc(-c2nnc(C[C@@H]3CNC(=O)[C@@H]4C[C@H](NC(=O)c5ncccn5)CN34)o2)cc1. The van der Waals surface area contributed by atoms with Crippen LogP contribution in [0.25, 0.3) is 11.5 Å². The first-order valence-electron chi connectivity index (χ1n) is 10.7. The quantitative estimate of drug-likeness (QED) is 0.550. The highest BCUT2D eigenvalue weighted by Gasteiger charge is 2.44. The van der Waals surface area contributed by atoms with Gasteiger partial charge in [-0.05, 0) is 36.8 Å². The number of amides is 2. The molecule has 2 aromatic heterocycles. The Kier molecular flexibility index (Phi) is 5.69. The topological polar surface area (TPSA) is 135 Å². The fourth-order valence-electron chi connectivity index (χ4n) is 4.32. The van der Waals surface area contributed by atoms with E-state index in [-0.39, 0.29) is 35.8 Å². The Bertz CT molecular complexity index is 1140. The minimum Gasteiger partial charge on any atom is -0.497 e. The zero-order valence-corrected chi connectivity index (χ0v) is 18.0. The summed E-state index contributed by atoms with van der Waals surface area (Å²) in [5, 5.41) is 14.3. The standard InChI is InChI=1S/C22H23N7O4/c1-32-16-5-3-13(4-6-16)22-28-27-18(33-22)10-15-11-25-20(30)17-9-14(12-29(15)17)26-21(31)19-23-7-2-8-24-19/h2-8,14-15,17H,9-12H2,1H3,(H,25,30)(H,26,31)/t14-,15+,17-/m0/s1. The fourth-order valence-corrected chi connectivity index (χ4v) is 4.32. The highest BCUT2D eigenvalue weighted by molar-refractivity contribution is 5.90. The van der Waals surface area contributed by atoms with Gasteiger partial charge in [0.1, 0.15) is 5.75 Å². The number of carbonyl (C=O) groups is 2. The van der Waals surface area contributed by atoms with E-state index in [9.17, 15) is 9.59 Å². The molecule has 3 aromatic rings. The van der Waals surface area contributed by atoms with Crippen molar-refractivity contribution in [2.45, 2.75) is 31.0 Å². The second kappa shape index (κ2) is 8.94. The molecule has 11 nitrogen and oxygen atoms in total. The van der Waals surface area contributed by atoms with Gasteiger partial charge < -0.3 is 19.8 Å². The van der Waals surface area contributed by atoms with Crippen molar-refractivity contribution in [2.75, 3.05) is 20.2 Å². The molecular weight excluding hydrogens is 426 g/mol. The van der Waals surface area contributed by atoms with Crippen LogP contribution < -0.4 is 15.4 Å². The second-order valence-corrected chi connectivity index (χ2v) is 8.02. The van der Waals surface area contributed by atoms with Crippen molar-refractivity contribution in [2.24, 2.45) is 0 Å². The van der Waals surface area contributed by atoms with Crippen molar-refractivity contribution in [1.29, 1.82) is 0 Å². The summed E-state index contributed by atoms with van der Waals surface area (Å²) in [6, 6.07) is 8.50. The Morgan fingerprint density at radius 3 is 2.79 bits per heavy atom. The molecule has 5 rings (SSSR count). The number of methoxy groups -OCH3 is 1. The molecule has 2 aliphatic rings. The summed E-state index contributed by atoms with van der Waals surface area (Å²) in [6.07, 6.45) is 4.05. The van der Waals surface area contributed by atoms with E-state index >= 15 is 0 Å². The summed E-state index contributed by atoms with van der Waals surface area (Å²) >= 11 is 0. The van der Waals surface area contributed by atoms with Gasteiger partial charge in [-0.15, -0.1) is 10.2 Å². The molecule has 4 heterocycles. The maximum atomic E-state index is 12.5. The lowest BCUT2D eigenvalue weighted by molar-refractivity contribution is -0.129. The van der Waals surface area contributed by atoms with Gasteiger partial charge in [0.2, 0.25) is 23.5 Å². The molecule has 11 heteroatoms. The van der Waals surface area contributed by atoms with Crippen LogP contribution in [-0.2, 0) is 11.2 Å². The van der Waals surface area contributed by atoms with E-state index in [1.165, 1.54) is 12.4 Å². The Hall–Kier alpha value is -3.86. The molecule has 0 spiro atoms. The molecule has 2 amide bonds. The van der Waals surface area contributed by atoms with Crippen molar-refractivity contribution in [1.82, 2.24) is 35.7 Å². The van der Waals surface area contributed by atoms with Gasteiger partial charge in [-0.3, -0.25) is 14.5 Å². The zero-order chi connectivity index (χ0) is 22.8. The van der Waals surface area contributed by atoms with E-state index in [0.29, 0.717) is 37.7 Å². The highest BCUT2D eigenvalue weighted by atomic mass is 16.5. The normalized spacial score (nSPS) is 22.5. The molecule has 0 unspecified atom stereocenters. The second-order valence-electron chi connectivity index (χ2n) is 8.02. The maximum Gasteiger partial charge on any atom is 0.289 e. The molecule has 2 saturated heterocycles. The van der Waals surface area contributed by atoms with Gasteiger partial charge in [0.15, 0.2) is 0 Å². The van der Waals surface area contributed by atoms with E-state index in [2.05, 4.69) is 35.7 Å². The number of fused-ring (bicyclic) bond motifs is 1. The van der Waals surface area contributed by atoms with Crippen LogP contribution in [0.4, 0.5) is 0 Å². The number of hydrogen-bond acceptors (Lipinski definition) is 9.